The molecule has 0 saturated carbocycles. The van der Waals surface area contributed by atoms with E-state index in [4.69, 9.17) is 11.5 Å². The van der Waals surface area contributed by atoms with Crippen LogP contribution in [-0.2, 0) is 11.2 Å². The zero-order valence-electron chi connectivity index (χ0n) is 11.5. The molecule has 0 heterocycles. The van der Waals surface area contributed by atoms with Crippen LogP contribution in [0.1, 0.15) is 18.4 Å². The van der Waals surface area contributed by atoms with E-state index in [-0.39, 0.29) is 0 Å². The number of amides is 1. The van der Waals surface area contributed by atoms with E-state index in [1.54, 1.807) is 0 Å². The lowest BCUT2D eigenvalue weighted by Gasteiger charge is -2.07. The number of benzene rings is 2. The highest BCUT2D eigenvalue weighted by molar-refractivity contribution is 5.79. The first kappa shape index (κ1) is 14.3. The third-order valence-electron chi connectivity index (χ3n) is 3.41. The smallest absolute Gasteiger partial charge is 0.234 e. The van der Waals surface area contributed by atoms with Crippen LogP contribution in [0.2, 0.25) is 0 Å². The molecule has 2 aromatic rings. The Hall–Kier alpha value is -2.13. The summed E-state index contributed by atoms with van der Waals surface area (Å²) in [5, 5.41) is 0. The molecule has 0 aliphatic carbocycles. The summed E-state index contributed by atoms with van der Waals surface area (Å²) in [4.78, 5) is 10.8. The molecule has 1 amide bonds. The quantitative estimate of drug-likeness (QED) is 0.845. The Labute approximate surface area is 119 Å². The van der Waals surface area contributed by atoms with Crippen LogP contribution in [0, 0.1) is 0 Å². The van der Waals surface area contributed by atoms with Crippen molar-refractivity contribution in [2.75, 3.05) is 0 Å². The highest BCUT2D eigenvalue weighted by Gasteiger charge is 2.08. The van der Waals surface area contributed by atoms with E-state index in [9.17, 15) is 4.79 Å². The van der Waals surface area contributed by atoms with Gasteiger partial charge in [0.15, 0.2) is 0 Å². The van der Waals surface area contributed by atoms with Crippen molar-refractivity contribution in [2.45, 2.75) is 25.3 Å². The standard InChI is InChI=1S/C17H20N2O/c18-16(17(19)20)8-4-5-13-9-11-15(12-10-13)14-6-2-1-3-7-14/h1-3,6-7,9-12,16H,4-5,8,18H2,(H2,19,20)/t16-/m0/s1. The van der Waals surface area contributed by atoms with E-state index in [0.717, 1.165) is 12.8 Å². The Morgan fingerprint density at radius 2 is 1.55 bits per heavy atom. The van der Waals surface area contributed by atoms with E-state index in [2.05, 4.69) is 36.4 Å². The second kappa shape index (κ2) is 6.87. The van der Waals surface area contributed by atoms with Gasteiger partial charge < -0.3 is 11.5 Å². The van der Waals surface area contributed by atoms with E-state index in [1.165, 1.54) is 16.7 Å². The van der Waals surface area contributed by atoms with Gasteiger partial charge in [0.05, 0.1) is 6.04 Å². The fourth-order valence-electron chi connectivity index (χ4n) is 2.16. The molecular weight excluding hydrogens is 248 g/mol. The number of nitrogens with two attached hydrogens (primary N) is 2. The number of rotatable bonds is 6. The zero-order valence-corrected chi connectivity index (χ0v) is 11.5. The Morgan fingerprint density at radius 1 is 0.950 bits per heavy atom. The highest BCUT2D eigenvalue weighted by atomic mass is 16.1. The summed E-state index contributed by atoms with van der Waals surface area (Å²) in [6.45, 7) is 0. The number of primary amides is 1. The lowest BCUT2D eigenvalue weighted by atomic mass is 10.0. The van der Waals surface area contributed by atoms with Gasteiger partial charge in [-0.1, -0.05) is 54.6 Å². The number of hydrogen-bond acceptors (Lipinski definition) is 2. The van der Waals surface area contributed by atoms with Gasteiger partial charge in [0.1, 0.15) is 0 Å². The molecule has 20 heavy (non-hydrogen) atoms. The molecule has 0 radical (unpaired) electrons. The molecule has 3 nitrogen and oxygen atoms in total. The first-order chi connectivity index (χ1) is 9.66. The predicted octanol–water partition coefficient (Wildman–Crippen LogP) is 2.49. The Balaban J connectivity index is 1.91. The van der Waals surface area contributed by atoms with Gasteiger partial charge in [-0.3, -0.25) is 4.79 Å². The SMILES string of the molecule is NC(=O)[C@@H](N)CCCc1ccc(-c2ccccc2)cc1. The lowest BCUT2D eigenvalue weighted by Crippen LogP contribution is -2.36. The van der Waals surface area contributed by atoms with Gasteiger partial charge in [-0.25, -0.2) is 0 Å². The molecule has 0 aromatic heterocycles. The summed E-state index contributed by atoms with van der Waals surface area (Å²) in [7, 11) is 0. The van der Waals surface area contributed by atoms with Crippen molar-refractivity contribution in [1.29, 1.82) is 0 Å². The molecule has 4 N–H and O–H groups in total. The van der Waals surface area contributed by atoms with Crippen LogP contribution in [0.15, 0.2) is 54.6 Å². The topological polar surface area (TPSA) is 69.1 Å². The van der Waals surface area contributed by atoms with Gasteiger partial charge in [0, 0.05) is 0 Å². The van der Waals surface area contributed by atoms with Crippen molar-refractivity contribution >= 4 is 5.91 Å². The van der Waals surface area contributed by atoms with Crippen molar-refractivity contribution in [3.63, 3.8) is 0 Å². The normalized spacial score (nSPS) is 12.1. The van der Waals surface area contributed by atoms with Crippen molar-refractivity contribution < 1.29 is 4.79 Å². The molecule has 0 spiro atoms. The summed E-state index contributed by atoms with van der Waals surface area (Å²) < 4.78 is 0. The van der Waals surface area contributed by atoms with Gasteiger partial charge >= 0.3 is 0 Å². The molecule has 0 unspecified atom stereocenters. The fraction of sp³-hybridized carbons (Fsp3) is 0.235. The minimum atomic E-state index is -0.529. The molecular formula is C17H20N2O. The Bertz CT molecular complexity index is 549. The number of aryl methyl sites for hydroxylation is 1. The Morgan fingerprint density at radius 3 is 2.15 bits per heavy atom. The third-order valence-corrected chi connectivity index (χ3v) is 3.41. The van der Waals surface area contributed by atoms with E-state index in [1.807, 2.05) is 18.2 Å². The maximum Gasteiger partial charge on any atom is 0.234 e. The zero-order chi connectivity index (χ0) is 14.4. The van der Waals surface area contributed by atoms with Crippen LogP contribution < -0.4 is 11.5 Å². The molecule has 0 aliphatic heterocycles. The summed E-state index contributed by atoms with van der Waals surface area (Å²) in [5.41, 5.74) is 14.4. The van der Waals surface area contributed by atoms with E-state index >= 15 is 0 Å². The second-order valence-electron chi connectivity index (χ2n) is 4.96. The molecule has 0 saturated heterocycles. The van der Waals surface area contributed by atoms with E-state index in [0.29, 0.717) is 6.42 Å². The fourth-order valence-corrected chi connectivity index (χ4v) is 2.16. The maximum absolute atomic E-state index is 10.8. The van der Waals surface area contributed by atoms with Gasteiger partial charge in [0.25, 0.3) is 0 Å². The monoisotopic (exact) mass is 268 g/mol. The summed E-state index contributed by atoms with van der Waals surface area (Å²) in [6.07, 6.45) is 2.42. The van der Waals surface area contributed by atoms with Crippen LogP contribution in [0.5, 0.6) is 0 Å². The van der Waals surface area contributed by atoms with E-state index < -0.39 is 11.9 Å². The van der Waals surface area contributed by atoms with Crippen molar-refractivity contribution in [3.05, 3.63) is 60.2 Å². The molecule has 0 fully saturated rings. The van der Waals surface area contributed by atoms with Gasteiger partial charge in [-0.15, -0.1) is 0 Å². The molecule has 1 atom stereocenters. The van der Waals surface area contributed by atoms with Gasteiger partial charge in [-0.05, 0) is 36.0 Å². The third kappa shape index (κ3) is 3.93. The van der Waals surface area contributed by atoms with Crippen LogP contribution in [0.4, 0.5) is 0 Å². The van der Waals surface area contributed by atoms with Gasteiger partial charge in [0.2, 0.25) is 5.91 Å². The predicted molar refractivity (Wildman–Crippen MR) is 82.0 cm³/mol. The van der Waals surface area contributed by atoms with Crippen molar-refractivity contribution in [2.24, 2.45) is 11.5 Å². The molecule has 2 rings (SSSR count). The highest BCUT2D eigenvalue weighted by Crippen LogP contribution is 2.19. The van der Waals surface area contributed by atoms with Crippen LogP contribution >= 0.6 is 0 Å². The Kier molecular flexibility index (Phi) is 4.91. The van der Waals surface area contributed by atoms with Crippen LogP contribution in [0.3, 0.4) is 0 Å². The molecule has 104 valence electrons. The summed E-state index contributed by atoms with van der Waals surface area (Å²) in [5.74, 6) is -0.426. The summed E-state index contributed by atoms with van der Waals surface area (Å²) in [6, 6.07) is 18.2. The average Bonchev–Trinajstić information content (AvgIpc) is 2.48. The molecule has 2 aromatic carbocycles. The minimum absolute atomic E-state index is 0.426. The second-order valence-corrected chi connectivity index (χ2v) is 4.96. The number of hydrogen-bond donors (Lipinski definition) is 2. The first-order valence-electron chi connectivity index (χ1n) is 6.86. The van der Waals surface area contributed by atoms with Gasteiger partial charge in [-0.2, -0.15) is 0 Å². The largest absolute Gasteiger partial charge is 0.368 e. The maximum atomic E-state index is 10.8. The van der Waals surface area contributed by atoms with Crippen molar-refractivity contribution in [3.8, 4) is 11.1 Å². The minimum Gasteiger partial charge on any atom is -0.368 e. The average molecular weight is 268 g/mol. The molecule has 3 heteroatoms. The summed E-state index contributed by atoms with van der Waals surface area (Å²) >= 11 is 0. The van der Waals surface area contributed by atoms with Crippen molar-refractivity contribution in [1.82, 2.24) is 0 Å². The number of carbonyl (C=O) groups excluding carboxylic acids is 1. The number of carbonyl (C=O) groups is 1. The molecule has 0 aliphatic rings. The van der Waals surface area contributed by atoms with Crippen LogP contribution in [0.25, 0.3) is 11.1 Å². The lowest BCUT2D eigenvalue weighted by molar-refractivity contribution is -0.119. The van der Waals surface area contributed by atoms with Crippen LogP contribution in [-0.4, -0.2) is 11.9 Å². The molecule has 0 bridgehead atoms. The first-order valence-corrected chi connectivity index (χ1v) is 6.86.